The van der Waals surface area contributed by atoms with E-state index in [1.807, 2.05) is 0 Å². The summed E-state index contributed by atoms with van der Waals surface area (Å²) < 4.78 is 25.8. The molecule has 0 heterocycles. The van der Waals surface area contributed by atoms with Crippen molar-refractivity contribution in [3.05, 3.63) is 0 Å². The van der Waals surface area contributed by atoms with Gasteiger partial charge in [-0.1, -0.05) is 0 Å². The fraction of sp³-hybridized carbons (Fsp3) is 1.00. The van der Waals surface area contributed by atoms with Crippen LogP contribution >= 0.6 is 0 Å². The van der Waals surface area contributed by atoms with Gasteiger partial charge in [0.15, 0.2) is 0 Å². The number of hydrogen-bond acceptors (Lipinski definition) is 4. The van der Waals surface area contributed by atoms with Gasteiger partial charge in [-0.15, -0.1) is 0 Å². The van der Waals surface area contributed by atoms with Gasteiger partial charge in [-0.3, -0.25) is 0 Å². The summed E-state index contributed by atoms with van der Waals surface area (Å²) in [6.45, 7) is 2.94. The minimum absolute atomic E-state index is 0.313. The zero-order valence-corrected chi connectivity index (χ0v) is 9.63. The van der Waals surface area contributed by atoms with Crippen molar-refractivity contribution in [1.29, 1.82) is 0 Å². The molecule has 0 amide bonds. The first-order valence-electron chi connectivity index (χ1n) is 4.42. The van der Waals surface area contributed by atoms with Crippen LogP contribution in [0, 0.1) is 0 Å². The minimum Gasteiger partial charge on any atom is -0.392 e. The summed E-state index contributed by atoms with van der Waals surface area (Å²) in [5, 5.41) is 11.8. The number of nitrogens with zero attached hydrogens (tertiary/aromatic N) is 1. The van der Waals surface area contributed by atoms with Crippen molar-refractivity contribution >= 4 is 10.2 Å². The highest BCUT2D eigenvalue weighted by atomic mass is 32.2. The van der Waals surface area contributed by atoms with Gasteiger partial charge >= 0.3 is 0 Å². The van der Waals surface area contributed by atoms with Gasteiger partial charge in [-0.25, -0.2) is 4.72 Å². The number of nitrogens with one attached hydrogen (secondary N) is 2. The van der Waals surface area contributed by atoms with Crippen LogP contribution in [-0.4, -0.2) is 57.7 Å². The van der Waals surface area contributed by atoms with Crippen LogP contribution in [0.3, 0.4) is 0 Å². The Bertz CT molecular complexity index is 239. The second-order valence-electron chi connectivity index (χ2n) is 3.23. The van der Waals surface area contributed by atoms with Crippen molar-refractivity contribution < 1.29 is 13.5 Å². The number of aliphatic hydroxyl groups is 1. The molecule has 0 saturated carbocycles. The maximum absolute atomic E-state index is 11.2. The fourth-order valence-electron chi connectivity index (χ4n) is 0.708. The first kappa shape index (κ1) is 13.8. The first-order valence-corrected chi connectivity index (χ1v) is 5.86. The van der Waals surface area contributed by atoms with E-state index < -0.39 is 16.3 Å². The Balaban J connectivity index is 3.55. The standard InChI is InChI=1S/C7H19N3O3S/c1-7(11)6-8-4-5-9-14(12,13)10(2)3/h7-9,11H,4-6H2,1-3H3. The molecule has 0 aromatic heterocycles. The summed E-state index contributed by atoms with van der Waals surface area (Å²) in [7, 11) is -0.390. The van der Waals surface area contributed by atoms with Gasteiger partial charge in [0.25, 0.3) is 10.2 Å². The average Bonchev–Trinajstić information content (AvgIpc) is 2.02. The van der Waals surface area contributed by atoms with Crippen molar-refractivity contribution in [2.24, 2.45) is 0 Å². The molecule has 0 aliphatic rings. The van der Waals surface area contributed by atoms with E-state index in [4.69, 9.17) is 5.11 Å². The average molecular weight is 225 g/mol. The Kier molecular flexibility index (Phi) is 6.21. The third kappa shape index (κ3) is 6.28. The molecule has 14 heavy (non-hydrogen) atoms. The highest BCUT2D eigenvalue weighted by Crippen LogP contribution is 1.85. The van der Waals surface area contributed by atoms with Gasteiger partial charge in [-0.05, 0) is 6.92 Å². The Morgan fingerprint density at radius 1 is 1.36 bits per heavy atom. The molecule has 0 bridgehead atoms. The van der Waals surface area contributed by atoms with Gasteiger partial charge in [0, 0.05) is 33.7 Å². The molecule has 0 aliphatic heterocycles. The van der Waals surface area contributed by atoms with Crippen LogP contribution in [0.25, 0.3) is 0 Å². The monoisotopic (exact) mass is 225 g/mol. The van der Waals surface area contributed by atoms with Gasteiger partial charge in [0.05, 0.1) is 6.10 Å². The lowest BCUT2D eigenvalue weighted by Crippen LogP contribution is -2.40. The number of rotatable bonds is 7. The molecule has 7 heteroatoms. The van der Waals surface area contributed by atoms with E-state index in [0.717, 1.165) is 4.31 Å². The third-order valence-corrected chi connectivity index (χ3v) is 3.04. The smallest absolute Gasteiger partial charge is 0.278 e. The van der Waals surface area contributed by atoms with E-state index in [0.29, 0.717) is 19.6 Å². The molecule has 0 aromatic rings. The van der Waals surface area contributed by atoms with Crippen molar-refractivity contribution in [3.63, 3.8) is 0 Å². The van der Waals surface area contributed by atoms with E-state index in [9.17, 15) is 8.42 Å². The molecule has 6 nitrogen and oxygen atoms in total. The van der Waals surface area contributed by atoms with Crippen LogP contribution in [-0.2, 0) is 10.2 Å². The van der Waals surface area contributed by atoms with Crippen LogP contribution in [0.4, 0.5) is 0 Å². The molecule has 0 aliphatic carbocycles. The highest BCUT2D eigenvalue weighted by molar-refractivity contribution is 7.87. The normalized spacial score (nSPS) is 14.6. The largest absolute Gasteiger partial charge is 0.392 e. The molecule has 86 valence electrons. The Morgan fingerprint density at radius 2 is 1.93 bits per heavy atom. The molecule has 1 unspecified atom stereocenters. The predicted octanol–water partition coefficient (Wildman–Crippen LogP) is -1.65. The molecule has 0 spiro atoms. The predicted molar refractivity (Wildman–Crippen MR) is 55.2 cm³/mol. The summed E-state index contributed by atoms with van der Waals surface area (Å²) in [6, 6.07) is 0. The highest BCUT2D eigenvalue weighted by Gasteiger charge is 2.10. The fourth-order valence-corrected chi connectivity index (χ4v) is 1.33. The Morgan fingerprint density at radius 3 is 2.36 bits per heavy atom. The maximum atomic E-state index is 11.2. The van der Waals surface area contributed by atoms with Crippen LogP contribution < -0.4 is 10.0 Å². The SMILES string of the molecule is CC(O)CNCCNS(=O)(=O)N(C)C. The van der Waals surface area contributed by atoms with Crippen molar-refractivity contribution in [3.8, 4) is 0 Å². The van der Waals surface area contributed by atoms with Gasteiger partial charge < -0.3 is 10.4 Å². The van der Waals surface area contributed by atoms with E-state index in [1.54, 1.807) is 6.92 Å². The molecule has 1 atom stereocenters. The molecule has 0 aromatic carbocycles. The molecule has 0 saturated heterocycles. The van der Waals surface area contributed by atoms with Crippen LogP contribution in [0.1, 0.15) is 6.92 Å². The molecule has 3 N–H and O–H groups in total. The van der Waals surface area contributed by atoms with Crippen LogP contribution in [0.2, 0.25) is 0 Å². The summed E-state index contributed by atoms with van der Waals surface area (Å²) >= 11 is 0. The molecular weight excluding hydrogens is 206 g/mol. The Labute approximate surface area is 85.5 Å². The van der Waals surface area contributed by atoms with E-state index in [2.05, 4.69) is 10.0 Å². The van der Waals surface area contributed by atoms with Crippen LogP contribution in [0.15, 0.2) is 0 Å². The second-order valence-corrected chi connectivity index (χ2v) is 5.20. The molecule has 0 radical (unpaired) electrons. The van der Waals surface area contributed by atoms with E-state index in [-0.39, 0.29) is 0 Å². The van der Waals surface area contributed by atoms with Gasteiger partial charge in [-0.2, -0.15) is 12.7 Å². The van der Waals surface area contributed by atoms with E-state index >= 15 is 0 Å². The van der Waals surface area contributed by atoms with Crippen LogP contribution in [0.5, 0.6) is 0 Å². The topological polar surface area (TPSA) is 81.7 Å². The van der Waals surface area contributed by atoms with Crippen molar-refractivity contribution in [2.75, 3.05) is 33.7 Å². The Hall–Kier alpha value is -0.210. The third-order valence-electron chi connectivity index (χ3n) is 1.51. The molecule has 0 fully saturated rings. The maximum Gasteiger partial charge on any atom is 0.278 e. The van der Waals surface area contributed by atoms with Gasteiger partial charge in [0.1, 0.15) is 0 Å². The molecular formula is C7H19N3O3S. The number of aliphatic hydroxyl groups excluding tert-OH is 1. The van der Waals surface area contributed by atoms with Crippen molar-refractivity contribution in [2.45, 2.75) is 13.0 Å². The van der Waals surface area contributed by atoms with Crippen molar-refractivity contribution in [1.82, 2.24) is 14.3 Å². The second kappa shape index (κ2) is 6.31. The summed E-state index contributed by atoms with van der Waals surface area (Å²) in [6.07, 6.45) is -0.416. The summed E-state index contributed by atoms with van der Waals surface area (Å²) in [5.41, 5.74) is 0. The van der Waals surface area contributed by atoms with E-state index in [1.165, 1.54) is 14.1 Å². The zero-order chi connectivity index (χ0) is 11.2. The summed E-state index contributed by atoms with van der Waals surface area (Å²) in [4.78, 5) is 0. The zero-order valence-electron chi connectivity index (χ0n) is 8.82. The quantitative estimate of drug-likeness (QED) is 0.454. The van der Waals surface area contributed by atoms with Gasteiger partial charge in [0.2, 0.25) is 0 Å². The lowest BCUT2D eigenvalue weighted by molar-refractivity contribution is 0.192. The number of hydrogen-bond donors (Lipinski definition) is 3. The lowest BCUT2D eigenvalue weighted by atomic mass is 10.4. The summed E-state index contributed by atoms with van der Waals surface area (Å²) in [5.74, 6) is 0. The minimum atomic E-state index is -3.32. The first-order chi connectivity index (χ1) is 6.36. The lowest BCUT2D eigenvalue weighted by Gasteiger charge is -2.12. The molecule has 0 rings (SSSR count).